The van der Waals surface area contributed by atoms with Crippen LogP contribution in [0.2, 0.25) is 0 Å². The van der Waals surface area contributed by atoms with E-state index in [0.29, 0.717) is 18.4 Å². The normalized spacial score (nSPS) is 21.5. The lowest BCUT2D eigenvalue weighted by molar-refractivity contribution is -0.132. The third-order valence-corrected chi connectivity index (χ3v) is 4.46. The van der Waals surface area contributed by atoms with Gasteiger partial charge in [0.1, 0.15) is 5.75 Å². The predicted molar refractivity (Wildman–Crippen MR) is 88.0 cm³/mol. The van der Waals surface area contributed by atoms with Crippen LogP contribution in [0.15, 0.2) is 18.2 Å². The van der Waals surface area contributed by atoms with E-state index in [4.69, 9.17) is 10.5 Å². The smallest absolute Gasteiger partial charge is 0.270 e. The molecule has 3 rings (SSSR count). The van der Waals surface area contributed by atoms with E-state index in [1.807, 2.05) is 36.9 Å². The number of rotatable bonds is 4. The molecule has 1 aromatic carbocycles. The molecule has 120 valence electrons. The van der Waals surface area contributed by atoms with Gasteiger partial charge in [-0.1, -0.05) is 19.9 Å². The van der Waals surface area contributed by atoms with Crippen molar-refractivity contribution in [3.8, 4) is 5.75 Å². The lowest BCUT2D eigenvalue weighted by Gasteiger charge is -2.40. The first-order valence-corrected chi connectivity index (χ1v) is 8.20. The van der Waals surface area contributed by atoms with Crippen molar-refractivity contribution in [2.24, 2.45) is 17.6 Å². The number of amides is 1. The standard InChI is InChI=1S/C18H26N2O2/c1-11(2)10-20-14-9-13(16(19)12-5-6-12)7-8-15(14)22-18(3,4)17(20)21/h7-9,11-12,16H,5-6,10,19H2,1-4H3. The molecule has 2 aliphatic rings. The molecule has 1 heterocycles. The van der Waals surface area contributed by atoms with Gasteiger partial charge >= 0.3 is 0 Å². The summed E-state index contributed by atoms with van der Waals surface area (Å²) >= 11 is 0. The minimum Gasteiger partial charge on any atom is -0.476 e. The highest BCUT2D eigenvalue weighted by atomic mass is 16.5. The number of hydrogen-bond donors (Lipinski definition) is 1. The molecule has 1 saturated carbocycles. The average molecular weight is 302 g/mol. The van der Waals surface area contributed by atoms with Gasteiger partial charge in [0.15, 0.2) is 5.60 Å². The number of anilines is 1. The predicted octanol–water partition coefficient (Wildman–Crippen LogP) is 3.26. The number of fused-ring (bicyclic) bond motifs is 1. The van der Waals surface area contributed by atoms with Crippen LogP contribution in [0.4, 0.5) is 5.69 Å². The first-order valence-electron chi connectivity index (χ1n) is 8.20. The maximum absolute atomic E-state index is 12.7. The average Bonchev–Trinajstić information content (AvgIpc) is 3.26. The molecule has 0 aromatic heterocycles. The largest absolute Gasteiger partial charge is 0.476 e. The van der Waals surface area contributed by atoms with Gasteiger partial charge in [0.25, 0.3) is 5.91 Å². The molecule has 1 fully saturated rings. The molecule has 1 aliphatic heterocycles. The van der Waals surface area contributed by atoms with Gasteiger partial charge in [0.2, 0.25) is 0 Å². The summed E-state index contributed by atoms with van der Waals surface area (Å²) in [6, 6.07) is 6.13. The highest BCUT2D eigenvalue weighted by Crippen LogP contribution is 2.43. The van der Waals surface area contributed by atoms with Gasteiger partial charge < -0.3 is 15.4 Å². The molecule has 2 N–H and O–H groups in total. The van der Waals surface area contributed by atoms with E-state index in [1.54, 1.807) is 0 Å². The molecular weight excluding hydrogens is 276 g/mol. The molecule has 1 aliphatic carbocycles. The Balaban J connectivity index is 2.00. The quantitative estimate of drug-likeness (QED) is 0.929. The van der Waals surface area contributed by atoms with Crippen LogP contribution in [0.25, 0.3) is 0 Å². The summed E-state index contributed by atoms with van der Waals surface area (Å²) in [5, 5.41) is 0. The Hall–Kier alpha value is -1.55. The summed E-state index contributed by atoms with van der Waals surface area (Å²) in [6.45, 7) is 8.59. The molecule has 1 aromatic rings. The van der Waals surface area contributed by atoms with Crippen LogP contribution in [-0.2, 0) is 4.79 Å². The maximum Gasteiger partial charge on any atom is 0.270 e. The van der Waals surface area contributed by atoms with Crippen LogP contribution in [0, 0.1) is 11.8 Å². The minimum atomic E-state index is -0.817. The first kappa shape index (κ1) is 15.3. The number of nitrogens with two attached hydrogens (primary N) is 1. The van der Waals surface area contributed by atoms with E-state index in [2.05, 4.69) is 13.8 Å². The third kappa shape index (κ3) is 2.72. The second-order valence-electron chi connectivity index (χ2n) is 7.51. The molecule has 0 bridgehead atoms. The Kier molecular flexibility index (Phi) is 3.68. The summed E-state index contributed by atoms with van der Waals surface area (Å²) in [7, 11) is 0. The summed E-state index contributed by atoms with van der Waals surface area (Å²) < 4.78 is 5.92. The number of carbonyl (C=O) groups is 1. The van der Waals surface area contributed by atoms with Gasteiger partial charge in [-0.2, -0.15) is 0 Å². The van der Waals surface area contributed by atoms with E-state index in [-0.39, 0.29) is 11.9 Å². The number of carbonyl (C=O) groups excluding carboxylic acids is 1. The van der Waals surface area contributed by atoms with E-state index in [1.165, 1.54) is 12.8 Å². The number of nitrogens with zero attached hydrogens (tertiary/aromatic N) is 1. The summed E-state index contributed by atoms with van der Waals surface area (Å²) in [5.41, 5.74) is 7.48. The van der Waals surface area contributed by atoms with Gasteiger partial charge in [0.05, 0.1) is 5.69 Å². The molecule has 1 amide bonds. The molecule has 0 saturated heterocycles. The second-order valence-corrected chi connectivity index (χ2v) is 7.51. The Labute approximate surface area is 132 Å². The molecule has 4 nitrogen and oxygen atoms in total. The fraction of sp³-hybridized carbons (Fsp3) is 0.611. The van der Waals surface area contributed by atoms with Crippen molar-refractivity contribution in [1.82, 2.24) is 0 Å². The van der Waals surface area contributed by atoms with Crippen LogP contribution in [0.5, 0.6) is 5.75 Å². The van der Waals surface area contributed by atoms with Crippen LogP contribution in [0.3, 0.4) is 0 Å². The highest BCUT2D eigenvalue weighted by Gasteiger charge is 2.41. The van der Waals surface area contributed by atoms with Crippen LogP contribution >= 0.6 is 0 Å². The SMILES string of the molecule is CC(C)CN1C(=O)C(C)(C)Oc2ccc(C(N)C3CC3)cc21. The molecule has 0 radical (unpaired) electrons. The van der Waals surface area contributed by atoms with E-state index >= 15 is 0 Å². The van der Waals surface area contributed by atoms with Crippen molar-refractivity contribution >= 4 is 11.6 Å². The number of benzene rings is 1. The lowest BCUT2D eigenvalue weighted by atomic mass is 9.98. The van der Waals surface area contributed by atoms with Crippen molar-refractivity contribution < 1.29 is 9.53 Å². The zero-order chi connectivity index (χ0) is 16.1. The van der Waals surface area contributed by atoms with Crippen molar-refractivity contribution in [1.29, 1.82) is 0 Å². The zero-order valence-electron chi connectivity index (χ0n) is 13.9. The molecule has 1 atom stereocenters. The summed E-state index contributed by atoms with van der Waals surface area (Å²) in [5.74, 6) is 1.78. The highest BCUT2D eigenvalue weighted by molar-refractivity contribution is 6.02. The number of hydrogen-bond acceptors (Lipinski definition) is 3. The maximum atomic E-state index is 12.7. The van der Waals surface area contributed by atoms with Gasteiger partial charge in [0, 0.05) is 12.6 Å². The lowest BCUT2D eigenvalue weighted by Crippen LogP contribution is -2.53. The van der Waals surface area contributed by atoms with E-state index < -0.39 is 5.60 Å². The molecule has 22 heavy (non-hydrogen) atoms. The fourth-order valence-corrected chi connectivity index (χ4v) is 3.07. The summed E-state index contributed by atoms with van der Waals surface area (Å²) in [6.07, 6.45) is 2.41. The summed E-state index contributed by atoms with van der Waals surface area (Å²) in [4.78, 5) is 14.6. The second kappa shape index (κ2) is 5.27. The van der Waals surface area contributed by atoms with Crippen molar-refractivity contribution in [3.05, 3.63) is 23.8 Å². The Morgan fingerprint density at radius 2 is 2.05 bits per heavy atom. The van der Waals surface area contributed by atoms with Crippen molar-refractivity contribution in [3.63, 3.8) is 0 Å². The Morgan fingerprint density at radius 3 is 2.64 bits per heavy atom. The van der Waals surface area contributed by atoms with Crippen LogP contribution < -0.4 is 15.4 Å². The van der Waals surface area contributed by atoms with E-state index in [0.717, 1.165) is 17.0 Å². The monoisotopic (exact) mass is 302 g/mol. The third-order valence-electron chi connectivity index (χ3n) is 4.46. The first-order chi connectivity index (χ1) is 10.3. The molecule has 1 unspecified atom stereocenters. The zero-order valence-corrected chi connectivity index (χ0v) is 13.9. The van der Waals surface area contributed by atoms with Crippen LogP contribution in [0.1, 0.15) is 52.1 Å². The Bertz CT molecular complexity index is 591. The van der Waals surface area contributed by atoms with Gasteiger partial charge in [-0.15, -0.1) is 0 Å². The topological polar surface area (TPSA) is 55.6 Å². The van der Waals surface area contributed by atoms with Gasteiger partial charge in [-0.05, 0) is 56.2 Å². The van der Waals surface area contributed by atoms with Gasteiger partial charge in [-0.3, -0.25) is 4.79 Å². The fourth-order valence-electron chi connectivity index (χ4n) is 3.07. The van der Waals surface area contributed by atoms with Crippen LogP contribution in [-0.4, -0.2) is 18.1 Å². The molecular formula is C18H26N2O2. The number of ether oxygens (including phenoxy) is 1. The van der Waals surface area contributed by atoms with Gasteiger partial charge in [-0.25, -0.2) is 0 Å². The van der Waals surface area contributed by atoms with Crippen molar-refractivity contribution in [2.45, 2.75) is 52.2 Å². The molecule has 4 heteroatoms. The Morgan fingerprint density at radius 1 is 1.36 bits per heavy atom. The molecule has 0 spiro atoms. The minimum absolute atomic E-state index is 0.0193. The van der Waals surface area contributed by atoms with Crippen molar-refractivity contribution in [2.75, 3.05) is 11.4 Å². The van der Waals surface area contributed by atoms with E-state index in [9.17, 15) is 4.79 Å².